The van der Waals surface area contributed by atoms with Gasteiger partial charge in [0.1, 0.15) is 0 Å². The lowest BCUT2D eigenvalue weighted by Gasteiger charge is -2.21. The standard InChI is InChI=1S/C10H15N3OS.C7H11N3S/c1-2-9(14)12-6-3-4-7-8(5-6)15-10(11)13-7;8-4-1-2-5-6(3-4)11-7(9)10-5/h6H,2-5H2,1H3,(H2,11,13)(H,12,14);4H,1-3,8H2,(H2,9,10). The molecule has 2 aromatic rings. The Morgan fingerprint density at radius 1 is 1.08 bits per heavy atom. The fraction of sp³-hybridized carbons (Fsp3) is 0.588. The highest BCUT2D eigenvalue weighted by Gasteiger charge is 2.22. The molecule has 0 radical (unpaired) electrons. The van der Waals surface area contributed by atoms with Crippen LogP contribution in [0, 0.1) is 0 Å². The number of thiazole rings is 2. The van der Waals surface area contributed by atoms with Crippen molar-refractivity contribution in [1.29, 1.82) is 0 Å². The molecule has 2 aliphatic rings. The van der Waals surface area contributed by atoms with E-state index in [4.69, 9.17) is 17.2 Å². The molecule has 2 heterocycles. The SMILES string of the molecule is CCC(=O)NC1CCc2nc(N)sc2C1.Nc1nc2c(s1)CC(N)CC2. The molecule has 26 heavy (non-hydrogen) atoms. The summed E-state index contributed by atoms with van der Waals surface area (Å²) in [6.07, 6.45) is 6.36. The molecular weight excluding hydrogens is 368 g/mol. The molecule has 2 aromatic heterocycles. The predicted octanol–water partition coefficient (Wildman–Crippen LogP) is 1.65. The van der Waals surface area contributed by atoms with Crippen LogP contribution in [0.4, 0.5) is 10.3 Å². The number of fused-ring (bicyclic) bond motifs is 2. The number of amides is 1. The van der Waals surface area contributed by atoms with Crippen LogP contribution in [0.3, 0.4) is 0 Å². The normalized spacial score (nSPS) is 21.2. The molecule has 0 saturated carbocycles. The van der Waals surface area contributed by atoms with E-state index in [1.165, 1.54) is 15.4 Å². The van der Waals surface area contributed by atoms with E-state index in [2.05, 4.69) is 15.3 Å². The van der Waals surface area contributed by atoms with Gasteiger partial charge >= 0.3 is 0 Å². The summed E-state index contributed by atoms with van der Waals surface area (Å²) >= 11 is 3.12. The minimum atomic E-state index is 0.126. The summed E-state index contributed by atoms with van der Waals surface area (Å²) in [4.78, 5) is 22.3. The van der Waals surface area contributed by atoms with Gasteiger partial charge in [0.25, 0.3) is 0 Å². The van der Waals surface area contributed by atoms with E-state index in [1.807, 2.05) is 6.92 Å². The molecule has 7 N–H and O–H groups in total. The molecule has 0 aromatic carbocycles. The number of nitrogens with one attached hydrogen (secondary N) is 1. The average Bonchev–Trinajstić information content (AvgIpc) is 3.15. The van der Waals surface area contributed by atoms with E-state index in [0.29, 0.717) is 22.7 Å². The number of aromatic nitrogens is 2. The number of anilines is 2. The number of nitrogens with zero attached hydrogens (tertiary/aromatic N) is 2. The van der Waals surface area contributed by atoms with Crippen molar-refractivity contribution in [2.45, 2.75) is 64.0 Å². The molecule has 2 unspecified atom stereocenters. The van der Waals surface area contributed by atoms with E-state index >= 15 is 0 Å². The third kappa shape index (κ3) is 4.72. The Morgan fingerprint density at radius 2 is 1.65 bits per heavy atom. The summed E-state index contributed by atoms with van der Waals surface area (Å²) < 4.78 is 0. The van der Waals surface area contributed by atoms with Crippen molar-refractivity contribution in [1.82, 2.24) is 15.3 Å². The maximum atomic E-state index is 11.2. The van der Waals surface area contributed by atoms with Crippen molar-refractivity contribution >= 4 is 38.8 Å². The Labute approximate surface area is 161 Å². The van der Waals surface area contributed by atoms with Gasteiger partial charge < -0.3 is 22.5 Å². The van der Waals surface area contributed by atoms with Crippen molar-refractivity contribution in [3.8, 4) is 0 Å². The van der Waals surface area contributed by atoms with Crippen molar-refractivity contribution in [3.05, 3.63) is 21.1 Å². The van der Waals surface area contributed by atoms with Gasteiger partial charge in [-0.1, -0.05) is 6.92 Å². The Morgan fingerprint density at radius 3 is 2.27 bits per heavy atom. The van der Waals surface area contributed by atoms with Gasteiger partial charge in [-0.2, -0.15) is 0 Å². The largest absolute Gasteiger partial charge is 0.375 e. The maximum Gasteiger partial charge on any atom is 0.219 e. The fourth-order valence-corrected chi connectivity index (χ4v) is 5.20. The molecule has 2 atom stereocenters. The molecule has 4 rings (SSSR count). The fourth-order valence-electron chi connectivity index (χ4n) is 3.27. The highest BCUT2D eigenvalue weighted by molar-refractivity contribution is 7.15. The number of carbonyl (C=O) groups excluding carboxylic acids is 1. The highest BCUT2D eigenvalue weighted by atomic mass is 32.1. The minimum absolute atomic E-state index is 0.126. The molecular formula is C17H26N6OS2. The summed E-state index contributed by atoms with van der Waals surface area (Å²) in [6.45, 7) is 1.87. The molecule has 1 amide bonds. The Kier molecular flexibility index (Phi) is 6.10. The summed E-state index contributed by atoms with van der Waals surface area (Å²) in [5.41, 5.74) is 19.3. The van der Waals surface area contributed by atoms with Gasteiger partial charge in [0.05, 0.1) is 11.4 Å². The van der Waals surface area contributed by atoms with Crippen LogP contribution in [0.15, 0.2) is 0 Å². The third-order valence-electron chi connectivity index (χ3n) is 4.64. The number of nitrogens with two attached hydrogens (primary N) is 3. The first-order valence-electron chi connectivity index (χ1n) is 8.97. The van der Waals surface area contributed by atoms with Crippen molar-refractivity contribution in [2.75, 3.05) is 11.5 Å². The smallest absolute Gasteiger partial charge is 0.219 e. The Balaban J connectivity index is 0.000000158. The number of hydrogen-bond donors (Lipinski definition) is 4. The number of rotatable bonds is 2. The molecule has 2 aliphatic carbocycles. The predicted molar refractivity (Wildman–Crippen MR) is 107 cm³/mol. The lowest BCUT2D eigenvalue weighted by atomic mass is 9.97. The first-order chi connectivity index (χ1) is 12.4. The molecule has 7 nitrogen and oxygen atoms in total. The van der Waals surface area contributed by atoms with Crippen LogP contribution in [0.5, 0.6) is 0 Å². The van der Waals surface area contributed by atoms with Crippen LogP contribution in [0.1, 0.15) is 47.3 Å². The van der Waals surface area contributed by atoms with Gasteiger partial charge in [-0.15, -0.1) is 22.7 Å². The minimum Gasteiger partial charge on any atom is -0.375 e. The van der Waals surface area contributed by atoms with Crippen LogP contribution in [-0.4, -0.2) is 28.0 Å². The van der Waals surface area contributed by atoms with Crippen molar-refractivity contribution in [3.63, 3.8) is 0 Å². The van der Waals surface area contributed by atoms with Crippen molar-refractivity contribution < 1.29 is 4.79 Å². The summed E-state index contributed by atoms with van der Waals surface area (Å²) in [5.74, 6) is 0.126. The molecule has 142 valence electrons. The van der Waals surface area contributed by atoms with Crippen LogP contribution in [0.25, 0.3) is 0 Å². The number of carbonyl (C=O) groups is 1. The zero-order chi connectivity index (χ0) is 18.7. The van der Waals surface area contributed by atoms with Gasteiger partial charge in [-0.25, -0.2) is 9.97 Å². The Bertz CT molecular complexity index is 771. The van der Waals surface area contributed by atoms with Crippen LogP contribution >= 0.6 is 22.7 Å². The molecule has 9 heteroatoms. The molecule has 0 bridgehead atoms. The third-order valence-corrected chi connectivity index (χ3v) is 6.53. The van der Waals surface area contributed by atoms with Crippen LogP contribution < -0.4 is 22.5 Å². The topological polar surface area (TPSA) is 133 Å². The lowest BCUT2D eigenvalue weighted by Crippen LogP contribution is -2.38. The van der Waals surface area contributed by atoms with E-state index in [-0.39, 0.29) is 11.9 Å². The van der Waals surface area contributed by atoms with Gasteiger partial charge in [0, 0.05) is 34.7 Å². The monoisotopic (exact) mass is 394 g/mol. The molecule has 0 fully saturated rings. The van der Waals surface area contributed by atoms with Crippen LogP contribution in [0.2, 0.25) is 0 Å². The van der Waals surface area contributed by atoms with Crippen LogP contribution in [-0.2, 0) is 30.5 Å². The van der Waals surface area contributed by atoms with E-state index in [0.717, 1.165) is 44.2 Å². The number of nitrogen functional groups attached to an aromatic ring is 2. The first-order valence-corrected chi connectivity index (χ1v) is 10.6. The summed E-state index contributed by atoms with van der Waals surface area (Å²) in [6, 6.07) is 0.590. The summed E-state index contributed by atoms with van der Waals surface area (Å²) in [7, 11) is 0. The van der Waals surface area contributed by atoms with Gasteiger partial charge in [0.2, 0.25) is 5.91 Å². The number of aryl methyl sites for hydroxylation is 2. The lowest BCUT2D eigenvalue weighted by molar-refractivity contribution is -0.121. The second kappa shape index (κ2) is 8.32. The van der Waals surface area contributed by atoms with E-state index in [9.17, 15) is 4.79 Å². The molecule has 0 aliphatic heterocycles. The van der Waals surface area contributed by atoms with Gasteiger partial charge in [0.15, 0.2) is 10.3 Å². The number of hydrogen-bond acceptors (Lipinski definition) is 8. The molecule has 0 spiro atoms. The summed E-state index contributed by atoms with van der Waals surface area (Å²) in [5, 5.41) is 4.34. The Hall–Kier alpha value is -1.71. The molecule has 0 saturated heterocycles. The zero-order valence-electron chi connectivity index (χ0n) is 15.0. The highest BCUT2D eigenvalue weighted by Crippen LogP contribution is 2.28. The van der Waals surface area contributed by atoms with Crippen molar-refractivity contribution in [2.24, 2.45) is 5.73 Å². The quantitative estimate of drug-likeness (QED) is 0.612. The first kappa shape index (κ1) is 19.1. The second-order valence-corrected chi connectivity index (χ2v) is 8.94. The zero-order valence-corrected chi connectivity index (χ0v) is 16.6. The van der Waals surface area contributed by atoms with Gasteiger partial charge in [-0.3, -0.25) is 4.79 Å². The average molecular weight is 395 g/mol. The van der Waals surface area contributed by atoms with E-state index in [1.54, 1.807) is 22.7 Å². The van der Waals surface area contributed by atoms with E-state index < -0.39 is 0 Å². The maximum absolute atomic E-state index is 11.2. The van der Waals surface area contributed by atoms with Gasteiger partial charge in [-0.05, 0) is 32.1 Å². The second-order valence-electron chi connectivity index (χ2n) is 6.71.